The minimum atomic E-state index is -1.26. The van der Waals surface area contributed by atoms with Crippen molar-refractivity contribution in [2.45, 2.75) is 13.1 Å². The summed E-state index contributed by atoms with van der Waals surface area (Å²) in [6.45, 7) is -0.514. The molecular formula is C22H19ClN6O4. The van der Waals surface area contributed by atoms with Crippen LogP contribution in [0, 0.1) is 0 Å². The minimum absolute atomic E-state index is 0.0711. The van der Waals surface area contributed by atoms with Gasteiger partial charge in [-0.1, -0.05) is 23.7 Å². The summed E-state index contributed by atoms with van der Waals surface area (Å²) in [4.78, 5) is 41.6. The number of halogens is 1. The highest BCUT2D eigenvalue weighted by molar-refractivity contribution is 6.30. The van der Waals surface area contributed by atoms with E-state index in [1.807, 2.05) is 0 Å². The number of amides is 1. The fraction of sp³-hybridized carbons (Fsp3) is 0.136. The summed E-state index contributed by atoms with van der Waals surface area (Å²) in [5.41, 5.74) is 7.20. The Balaban J connectivity index is 1.79. The van der Waals surface area contributed by atoms with Gasteiger partial charge in [0.15, 0.2) is 0 Å². The molecule has 168 valence electrons. The number of aromatic nitrogens is 4. The molecule has 0 radical (unpaired) electrons. The Hall–Kier alpha value is -4.18. The zero-order valence-corrected chi connectivity index (χ0v) is 18.2. The molecule has 33 heavy (non-hydrogen) atoms. The second-order valence-electron chi connectivity index (χ2n) is 7.39. The predicted octanol–water partition coefficient (Wildman–Crippen LogP) is 2.05. The van der Waals surface area contributed by atoms with Gasteiger partial charge in [-0.15, -0.1) is 0 Å². The number of carbonyl (C=O) groups is 2. The van der Waals surface area contributed by atoms with Gasteiger partial charge >= 0.3 is 5.97 Å². The maximum absolute atomic E-state index is 13.0. The molecule has 0 aliphatic rings. The molecule has 4 rings (SSSR count). The number of hydrogen-bond acceptors (Lipinski definition) is 6. The number of rotatable bonds is 6. The number of nitrogens with zero attached hydrogens (tertiary/aromatic N) is 4. The first kappa shape index (κ1) is 22.0. The Morgan fingerprint density at radius 3 is 2.58 bits per heavy atom. The normalized spacial score (nSPS) is 11.0. The summed E-state index contributed by atoms with van der Waals surface area (Å²) >= 11 is 5.88. The van der Waals surface area contributed by atoms with Crippen molar-refractivity contribution in [2.75, 3.05) is 5.73 Å². The van der Waals surface area contributed by atoms with Crippen molar-refractivity contribution in [3.8, 4) is 11.1 Å². The number of benzene rings is 1. The first-order valence-electron chi connectivity index (χ1n) is 9.80. The summed E-state index contributed by atoms with van der Waals surface area (Å²) in [5.74, 6) is -1.79. The lowest BCUT2D eigenvalue weighted by molar-refractivity contribution is -0.137. The van der Waals surface area contributed by atoms with E-state index in [-0.39, 0.29) is 23.6 Å². The smallest absolute Gasteiger partial charge is 0.323 e. The third-order valence-electron chi connectivity index (χ3n) is 5.01. The number of anilines is 1. The van der Waals surface area contributed by atoms with Crippen LogP contribution in [0.2, 0.25) is 5.02 Å². The van der Waals surface area contributed by atoms with E-state index in [1.54, 1.807) is 54.5 Å². The van der Waals surface area contributed by atoms with Gasteiger partial charge in [-0.2, -0.15) is 5.10 Å². The Kier molecular flexibility index (Phi) is 5.84. The molecule has 0 saturated heterocycles. The summed E-state index contributed by atoms with van der Waals surface area (Å²) < 4.78 is 2.53. The first-order valence-corrected chi connectivity index (χ1v) is 10.2. The molecule has 4 aromatic rings. The summed E-state index contributed by atoms with van der Waals surface area (Å²) in [5, 5.41) is 17.1. The van der Waals surface area contributed by atoms with Crippen LogP contribution in [-0.2, 0) is 24.9 Å². The van der Waals surface area contributed by atoms with Gasteiger partial charge in [-0.25, -0.2) is 4.98 Å². The lowest BCUT2D eigenvalue weighted by Crippen LogP contribution is -2.34. The van der Waals surface area contributed by atoms with E-state index in [0.29, 0.717) is 21.5 Å². The number of nitrogens with two attached hydrogens (primary N) is 1. The molecule has 1 aromatic carbocycles. The monoisotopic (exact) mass is 466 g/mol. The van der Waals surface area contributed by atoms with Gasteiger partial charge in [0.1, 0.15) is 23.6 Å². The molecule has 0 bridgehead atoms. The lowest BCUT2D eigenvalue weighted by Gasteiger charge is -2.13. The third kappa shape index (κ3) is 4.55. The lowest BCUT2D eigenvalue weighted by atomic mass is 10.1. The number of carboxylic acid groups (broad SMARTS) is 1. The number of carboxylic acids is 1. The second-order valence-corrected chi connectivity index (χ2v) is 7.83. The van der Waals surface area contributed by atoms with E-state index in [0.717, 1.165) is 10.1 Å². The number of nitrogen functional groups attached to an aromatic ring is 1. The van der Waals surface area contributed by atoms with Crippen LogP contribution in [0.25, 0.3) is 22.2 Å². The van der Waals surface area contributed by atoms with Crippen molar-refractivity contribution < 1.29 is 14.7 Å². The largest absolute Gasteiger partial charge is 0.480 e. The molecule has 11 heteroatoms. The zero-order chi connectivity index (χ0) is 23.7. The predicted molar refractivity (Wildman–Crippen MR) is 123 cm³/mol. The maximum atomic E-state index is 13.0. The molecule has 0 saturated carbocycles. The molecule has 0 aliphatic heterocycles. The van der Waals surface area contributed by atoms with E-state index >= 15 is 0 Å². The van der Waals surface area contributed by atoms with Crippen LogP contribution in [0.1, 0.15) is 15.9 Å². The van der Waals surface area contributed by atoms with Crippen LogP contribution in [0.4, 0.5) is 5.82 Å². The van der Waals surface area contributed by atoms with Crippen LogP contribution in [0.5, 0.6) is 0 Å². The van der Waals surface area contributed by atoms with E-state index in [4.69, 9.17) is 17.3 Å². The fourth-order valence-corrected chi connectivity index (χ4v) is 3.56. The van der Waals surface area contributed by atoms with Crippen molar-refractivity contribution in [1.82, 2.24) is 24.6 Å². The third-order valence-corrected chi connectivity index (χ3v) is 5.26. The van der Waals surface area contributed by atoms with Crippen molar-refractivity contribution in [2.24, 2.45) is 7.05 Å². The summed E-state index contributed by atoms with van der Waals surface area (Å²) in [6.07, 6.45) is 3.35. The topological polar surface area (TPSA) is 145 Å². The highest BCUT2D eigenvalue weighted by Gasteiger charge is 2.20. The maximum Gasteiger partial charge on any atom is 0.323 e. The highest BCUT2D eigenvalue weighted by Crippen LogP contribution is 2.28. The summed E-state index contributed by atoms with van der Waals surface area (Å²) in [6, 6.07) is 9.92. The van der Waals surface area contributed by atoms with Crippen molar-refractivity contribution in [1.29, 1.82) is 0 Å². The van der Waals surface area contributed by atoms with Gasteiger partial charge in [0.2, 0.25) is 0 Å². The van der Waals surface area contributed by atoms with Gasteiger partial charge < -0.3 is 16.2 Å². The summed E-state index contributed by atoms with van der Waals surface area (Å²) in [7, 11) is 1.75. The number of carbonyl (C=O) groups excluding carboxylic acids is 1. The van der Waals surface area contributed by atoms with Crippen molar-refractivity contribution in [3.05, 3.63) is 75.3 Å². The Labute approximate surface area is 192 Å². The number of aliphatic carboxylic acids is 1. The molecule has 0 atom stereocenters. The van der Waals surface area contributed by atoms with E-state index in [9.17, 15) is 19.5 Å². The molecule has 3 aromatic heterocycles. The molecule has 0 spiro atoms. The van der Waals surface area contributed by atoms with Crippen LogP contribution < -0.4 is 16.6 Å². The Morgan fingerprint density at radius 1 is 1.21 bits per heavy atom. The number of hydrogen-bond donors (Lipinski definition) is 3. The molecule has 0 aliphatic carbocycles. The Bertz CT molecular complexity index is 1440. The molecule has 1 amide bonds. The molecule has 4 N–H and O–H groups in total. The van der Waals surface area contributed by atoms with E-state index in [2.05, 4.69) is 15.4 Å². The van der Waals surface area contributed by atoms with Crippen LogP contribution in [0.15, 0.2) is 53.6 Å². The molecule has 0 unspecified atom stereocenters. The SMILES string of the molecule is Cn1cc(-c2cc3cc(C(=O)NCc4ccc(Cl)cc4)c(=O)n(CC(=O)O)c3nc2N)cn1. The van der Waals surface area contributed by atoms with Gasteiger partial charge in [0.25, 0.3) is 11.5 Å². The second kappa shape index (κ2) is 8.75. The Morgan fingerprint density at radius 2 is 1.94 bits per heavy atom. The van der Waals surface area contributed by atoms with Crippen LogP contribution in [0.3, 0.4) is 0 Å². The average Bonchev–Trinajstić information content (AvgIpc) is 3.20. The molecule has 0 fully saturated rings. The number of pyridine rings is 2. The van der Waals surface area contributed by atoms with Crippen molar-refractivity contribution >= 4 is 40.3 Å². The zero-order valence-electron chi connectivity index (χ0n) is 17.4. The van der Waals surface area contributed by atoms with Crippen LogP contribution >= 0.6 is 11.6 Å². The first-order chi connectivity index (χ1) is 15.7. The number of fused-ring (bicyclic) bond motifs is 1. The molecular weight excluding hydrogens is 448 g/mol. The van der Waals surface area contributed by atoms with E-state index in [1.165, 1.54) is 6.07 Å². The van der Waals surface area contributed by atoms with Gasteiger partial charge in [0, 0.05) is 41.3 Å². The minimum Gasteiger partial charge on any atom is -0.480 e. The van der Waals surface area contributed by atoms with E-state index < -0.39 is 24.0 Å². The van der Waals surface area contributed by atoms with Crippen molar-refractivity contribution in [3.63, 3.8) is 0 Å². The van der Waals surface area contributed by atoms with Gasteiger partial charge in [0.05, 0.1) is 6.20 Å². The molecule has 3 heterocycles. The number of nitrogens with one attached hydrogen (secondary N) is 1. The number of aryl methyl sites for hydroxylation is 1. The van der Waals surface area contributed by atoms with Crippen LogP contribution in [-0.4, -0.2) is 36.3 Å². The van der Waals surface area contributed by atoms with Gasteiger partial charge in [-0.05, 0) is 29.8 Å². The van der Waals surface area contributed by atoms with Gasteiger partial charge in [-0.3, -0.25) is 23.6 Å². The average molecular weight is 467 g/mol. The quantitative estimate of drug-likeness (QED) is 0.394. The standard InChI is InChI=1S/C22H19ClN6O4/c1-28-10-14(9-26-28)16-6-13-7-17(21(32)25-8-12-2-4-15(23)5-3-12)22(33)29(11-18(30)31)20(13)27-19(16)24/h2-7,9-10H,8,11H2,1H3,(H2,24,27)(H,25,32)(H,30,31). The molecule has 10 nitrogen and oxygen atoms in total. The highest BCUT2D eigenvalue weighted by atomic mass is 35.5. The fourth-order valence-electron chi connectivity index (χ4n) is 3.43.